The molecular formula is C22H20N2O4. The molecule has 0 aromatic heterocycles. The highest BCUT2D eigenvalue weighted by Crippen LogP contribution is 2.36. The highest BCUT2D eigenvalue weighted by molar-refractivity contribution is 5.95. The molecule has 0 bridgehead atoms. The average Bonchev–Trinajstić information content (AvgIpc) is 2.75. The largest absolute Gasteiger partial charge is 0.502 e. The summed E-state index contributed by atoms with van der Waals surface area (Å²) in [5.41, 5.74) is 5.70. The molecule has 3 rings (SSSR count). The van der Waals surface area contributed by atoms with Gasteiger partial charge in [-0.05, 0) is 35.4 Å². The van der Waals surface area contributed by atoms with Crippen LogP contribution in [-0.2, 0) is 0 Å². The number of aromatic hydroxyl groups is 1. The molecule has 6 nitrogen and oxygen atoms in total. The van der Waals surface area contributed by atoms with Crippen molar-refractivity contribution in [1.82, 2.24) is 5.43 Å². The van der Waals surface area contributed by atoms with E-state index >= 15 is 0 Å². The maximum Gasteiger partial charge on any atom is 0.271 e. The maximum absolute atomic E-state index is 12.3. The highest BCUT2D eigenvalue weighted by atomic mass is 16.5. The van der Waals surface area contributed by atoms with Gasteiger partial charge in [0.1, 0.15) is 0 Å². The standard InChI is InChI=1S/C22H20N2O4/c1-27-19-12-15(13-20(28-2)21(19)25)14-23-24-22(26)18-10-8-17(9-11-18)16-6-4-3-5-7-16/h3-14,25H,1-2H3,(H,24,26)/b23-14-. The molecule has 0 spiro atoms. The predicted molar refractivity (Wildman–Crippen MR) is 108 cm³/mol. The zero-order valence-corrected chi connectivity index (χ0v) is 15.5. The van der Waals surface area contributed by atoms with Crippen molar-refractivity contribution in [3.63, 3.8) is 0 Å². The normalized spacial score (nSPS) is 10.6. The topological polar surface area (TPSA) is 80.2 Å². The van der Waals surface area contributed by atoms with E-state index in [4.69, 9.17) is 9.47 Å². The van der Waals surface area contributed by atoms with Gasteiger partial charge in [-0.15, -0.1) is 0 Å². The van der Waals surface area contributed by atoms with Crippen LogP contribution in [0.1, 0.15) is 15.9 Å². The van der Waals surface area contributed by atoms with E-state index in [1.807, 2.05) is 42.5 Å². The molecule has 0 saturated carbocycles. The third kappa shape index (κ3) is 4.29. The van der Waals surface area contributed by atoms with Gasteiger partial charge in [-0.2, -0.15) is 5.10 Å². The summed E-state index contributed by atoms with van der Waals surface area (Å²) in [6, 6.07) is 20.4. The molecule has 142 valence electrons. The first-order chi connectivity index (χ1) is 13.6. The lowest BCUT2D eigenvalue weighted by Gasteiger charge is -2.09. The van der Waals surface area contributed by atoms with Crippen LogP contribution >= 0.6 is 0 Å². The Morgan fingerprint density at radius 1 is 0.929 bits per heavy atom. The maximum atomic E-state index is 12.3. The molecule has 0 unspecified atom stereocenters. The van der Waals surface area contributed by atoms with E-state index in [9.17, 15) is 9.90 Å². The summed E-state index contributed by atoms with van der Waals surface area (Å²) in [5.74, 6) is 0.0884. The molecule has 6 heteroatoms. The molecule has 0 radical (unpaired) electrons. The van der Waals surface area contributed by atoms with Crippen LogP contribution in [0.4, 0.5) is 0 Å². The molecule has 3 aromatic rings. The summed E-state index contributed by atoms with van der Waals surface area (Å²) in [5, 5.41) is 13.9. The first kappa shape index (κ1) is 19.0. The number of amides is 1. The fourth-order valence-electron chi connectivity index (χ4n) is 2.66. The summed E-state index contributed by atoms with van der Waals surface area (Å²) in [6.07, 6.45) is 1.45. The van der Waals surface area contributed by atoms with Crippen LogP contribution < -0.4 is 14.9 Å². The SMILES string of the molecule is COc1cc(/C=N\NC(=O)c2ccc(-c3ccccc3)cc2)cc(OC)c1O. The molecule has 0 fully saturated rings. The zero-order chi connectivity index (χ0) is 19.9. The van der Waals surface area contributed by atoms with Gasteiger partial charge in [0.25, 0.3) is 5.91 Å². The predicted octanol–water partition coefficient (Wildman–Crippen LogP) is 3.84. The second-order valence-corrected chi connectivity index (χ2v) is 5.92. The van der Waals surface area contributed by atoms with Crippen LogP contribution in [0.15, 0.2) is 71.8 Å². The third-order valence-corrected chi connectivity index (χ3v) is 4.14. The van der Waals surface area contributed by atoms with Gasteiger partial charge in [0.05, 0.1) is 20.4 Å². The Morgan fingerprint density at radius 3 is 2.07 bits per heavy atom. The minimum absolute atomic E-state index is 0.0929. The van der Waals surface area contributed by atoms with Crippen molar-refractivity contribution in [2.75, 3.05) is 14.2 Å². The Hall–Kier alpha value is -3.80. The average molecular weight is 376 g/mol. The molecular weight excluding hydrogens is 356 g/mol. The van der Waals surface area contributed by atoms with Crippen molar-refractivity contribution in [2.45, 2.75) is 0 Å². The summed E-state index contributed by atoms with van der Waals surface area (Å²) in [6.45, 7) is 0. The minimum Gasteiger partial charge on any atom is -0.502 e. The molecule has 0 aliphatic carbocycles. The van der Waals surface area contributed by atoms with E-state index in [-0.39, 0.29) is 23.2 Å². The van der Waals surface area contributed by atoms with E-state index in [2.05, 4.69) is 10.5 Å². The number of phenolic OH excluding ortho intramolecular Hbond substituents is 1. The Labute approximate surface area is 163 Å². The third-order valence-electron chi connectivity index (χ3n) is 4.14. The number of nitrogens with zero attached hydrogens (tertiary/aromatic N) is 1. The number of hydrogen-bond donors (Lipinski definition) is 2. The first-order valence-corrected chi connectivity index (χ1v) is 8.56. The number of hydrogen-bond acceptors (Lipinski definition) is 5. The lowest BCUT2D eigenvalue weighted by Crippen LogP contribution is -2.17. The molecule has 3 aromatic carbocycles. The van der Waals surface area contributed by atoms with Gasteiger partial charge < -0.3 is 14.6 Å². The molecule has 0 atom stereocenters. The van der Waals surface area contributed by atoms with Crippen LogP contribution in [-0.4, -0.2) is 31.4 Å². The minimum atomic E-state index is -0.325. The van der Waals surface area contributed by atoms with Crippen molar-refractivity contribution in [3.8, 4) is 28.4 Å². The summed E-state index contributed by atoms with van der Waals surface area (Å²) >= 11 is 0. The van der Waals surface area contributed by atoms with Crippen LogP contribution in [0.25, 0.3) is 11.1 Å². The number of carbonyl (C=O) groups excluding carboxylic acids is 1. The fraction of sp³-hybridized carbons (Fsp3) is 0.0909. The van der Waals surface area contributed by atoms with E-state index in [0.717, 1.165) is 11.1 Å². The molecule has 1 amide bonds. The van der Waals surface area contributed by atoms with Crippen LogP contribution in [0.3, 0.4) is 0 Å². The molecule has 0 saturated heterocycles. The summed E-state index contributed by atoms with van der Waals surface area (Å²) in [4.78, 5) is 12.3. The number of phenols is 1. The van der Waals surface area contributed by atoms with E-state index in [0.29, 0.717) is 11.1 Å². The lowest BCUT2D eigenvalue weighted by molar-refractivity contribution is 0.0955. The number of carbonyl (C=O) groups is 1. The first-order valence-electron chi connectivity index (χ1n) is 8.56. The van der Waals surface area contributed by atoms with Gasteiger partial charge in [-0.3, -0.25) is 4.79 Å². The number of rotatable bonds is 6. The number of nitrogens with one attached hydrogen (secondary N) is 1. The van der Waals surface area contributed by atoms with E-state index < -0.39 is 0 Å². The van der Waals surface area contributed by atoms with Gasteiger partial charge >= 0.3 is 0 Å². The lowest BCUT2D eigenvalue weighted by atomic mass is 10.0. The van der Waals surface area contributed by atoms with Crippen LogP contribution in [0, 0.1) is 0 Å². The van der Waals surface area contributed by atoms with E-state index in [1.165, 1.54) is 20.4 Å². The van der Waals surface area contributed by atoms with Crippen molar-refractivity contribution < 1.29 is 19.4 Å². The Balaban J connectivity index is 1.68. The molecule has 0 aliphatic rings. The van der Waals surface area contributed by atoms with Gasteiger partial charge in [-0.25, -0.2) is 5.43 Å². The Kier molecular flexibility index (Phi) is 5.91. The fourth-order valence-corrected chi connectivity index (χ4v) is 2.66. The van der Waals surface area contributed by atoms with Gasteiger partial charge in [-0.1, -0.05) is 42.5 Å². The van der Waals surface area contributed by atoms with Crippen molar-refractivity contribution in [2.24, 2.45) is 5.10 Å². The molecule has 2 N–H and O–H groups in total. The van der Waals surface area contributed by atoms with Crippen molar-refractivity contribution in [1.29, 1.82) is 0 Å². The Bertz CT molecular complexity index is 958. The van der Waals surface area contributed by atoms with Crippen LogP contribution in [0.5, 0.6) is 17.2 Å². The van der Waals surface area contributed by atoms with Crippen LogP contribution in [0.2, 0.25) is 0 Å². The molecule has 0 aliphatic heterocycles. The van der Waals surface area contributed by atoms with Crippen molar-refractivity contribution in [3.05, 3.63) is 77.9 Å². The monoisotopic (exact) mass is 376 g/mol. The highest BCUT2D eigenvalue weighted by Gasteiger charge is 2.10. The van der Waals surface area contributed by atoms with Gasteiger partial charge in [0.2, 0.25) is 5.75 Å². The number of benzene rings is 3. The smallest absolute Gasteiger partial charge is 0.271 e. The number of hydrazone groups is 1. The number of ether oxygens (including phenoxy) is 2. The molecule has 0 heterocycles. The van der Waals surface area contributed by atoms with E-state index in [1.54, 1.807) is 24.3 Å². The number of methoxy groups -OCH3 is 2. The van der Waals surface area contributed by atoms with Gasteiger partial charge in [0.15, 0.2) is 11.5 Å². The van der Waals surface area contributed by atoms with Gasteiger partial charge in [0, 0.05) is 11.1 Å². The second-order valence-electron chi connectivity index (χ2n) is 5.92. The molecule has 28 heavy (non-hydrogen) atoms. The summed E-state index contributed by atoms with van der Waals surface area (Å²) in [7, 11) is 2.88. The van der Waals surface area contributed by atoms with Crippen molar-refractivity contribution >= 4 is 12.1 Å². The quantitative estimate of drug-likeness (QED) is 0.506. The zero-order valence-electron chi connectivity index (χ0n) is 15.5. The summed E-state index contributed by atoms with van der Waals surface area (Å²) < 4.78 is 10.2. The second kappa shape index (κ2) is 8.73. The Morgan fingerprint density at radius 2 is 1.50 bits per heavy atom.